The second-order valence-electron chi connectivity index (χ2n) is 5.57. The Morgan fingerprint density at radius 1 is 1.30 bits per heavy atom. The summed E-state index contributed by atoms with van der Waals surface area (Å²) in [5, 5.41) is 4.07. The molecule has 2 aromatic rings. The molecule has 120 valence electrons. The molecule has 1 heterocycles. The Labute approximate surface area is 146 Å². The lowest BCUT2D eigenvalue weighted by Crippen LogP contribution is -2.42. The van der Waals surface area contributed by atoms with Crippen molar-refractivity contribution >= 4 is 40.8 Å². The van der Waals surface area contributed by atoms with Crippen molar-refractivity contribution in [3.05, 3.63) is 53.1 Å². The highest BCUT2D eigenvalue weighted by molar-refractivity contribution is 8.00. The van der Waals surface area contributed by atoms with Crippen LogP contribution in [-0.4, -0.2) is 17.8 Å². The van der Waals surface area contributed by atoms with Crippen LogP contribution in [0.4, 0.5) is 16.2 Å². The zero-order valence-corrected chi connectivity index (χ0v) is 14.7. The van der Waals surface area contributed by atoms with Crippen LogP contribution in [0.1, 0.15) is 18.9 Å². The van der Waals surface area contributed by atoms with Crippen LogP contribution in [0.15, 0.2) is 47.4 Å². The van der Waals surface area contributed by atoms with Crippen LogP contribution < -0.4 is 10.2 Å². The molecule has 5 heteroatoms. The van der Waals surface area contributed by atoms with Crippen molar-refractivity contribution in [1.82, 2.24) is 0 Å². The Balaban J connectivity index is 1.88. The molecule has 0 fully saturated rings. The van der Waals surface area contributed by atoms with E-state index in [0.29, 0.717) is 16.8 Å². The number of thioether (sulfide) groups is 1. The van der Waals surface area contributed by atoms with Crippen molar-refractivity contribution in [3.63, 3.8) is 0 Å². The van der Waals surface area contributed by atoms with Gasteiger partial charge in [-0.05, 0) is 43.2 Å². The summed E-state index contributed by atoms with van der Waals surface area (Å²) in [7, 11) is 0. The predicted molar refractivity (Wildman–Crippen MR) is 98.9 cm³/mol. The van der Waals surface area contributed by atoms with Crippen LogP contribution in [0.3, 0.4) is 0 Å². The third-order valence-corrected chi connectivity index (χ3v) is 5.87. The number of benzene rings is 2. The Bertz CT molecular complexity index is 735. The van der Waals surface area contributed by atoms with E-state index in [9.17, 15) is 4.79 Å². The minimum atomic E-state index is -0.110. The summed E-state index contributed by atoms with van der Waals surface area (Å²) in [6.07, 6.45) is 1.03. The summed E-state index contributed by atoms with van der Waals surface area (Å²) in [5.74, 6) is 0. The second-order valence-corrected chi connectivity index (χ2v) is 7.32. The SMILES string of the molecule is CC[C@@H]1CN(C(=O)Nc2cccc(Cl)c2C)c2ccccc2S1. The summed E-state index contributed by atoms with van der Waals surface area (Å²) in [6, 6.07) is 13.5. The van der Waals surface area contributed by atoms with E-state index in [2.05, 4.69) is 18.3 Å². The van der Waals surface area contributed by atoms with Gasteiger partial charge in [0, 0.05) is 27.4 Å². The summed E-state index contributed by atoms with van der Waals surface area (Å²) < 4.78 is 0. The van der Waals surface area contributed by atoms with Crippen LogP contribution in [0.5, 0.6) is 0 Å². The molecule has 1 aliphatic heterocycles. The molecule has 1 aliphatic rings. The van der Waals surface area contributed by atoms with E-state index in [1.165, 1.54) is 0 Å². The van der Waals surface area contributed by atoms with E-state index in [0.717, 1.165) is 28.3 Å². The van der Waals surface area contributed by atoms with Crippen molar-refractivity contribution < 1.29 is 4.79 Å². The maximum atomic E-state index is 12.8. The molecule has 1 atom stereocenters. The van der Waals surface area contributed by atoms with Gasteiger partial charge in [0.05, 0.1) is 5.69 Å². The van der Waals surface area contributed by atoms with Crippen LogP contribution in [-0.2, 0) is 0 Å². The monoisotopic (exact) mass is 346 g/mol. The van der Waals surface area contributed by atoms with Gasteiger partial charge < -0.3 is 5.32 Å². The molecule has 0 bridgehead atoms. The van der Waals surface area contributed by atoms with Gasteiger partial charge in [0.25, 0.3) is 0 Å². The minimum Gasteiger partial charge on any atom is -0.307 e. The highest BCUT2D eigenvalue weighted by atomic mass is 35.5. The quantitative estimate of drug-likeness (QED) is 0.770. The van der Waals surface area contributed by atoms with Crippen LogP contribution in [0.2, 0.25) is 5.02 Å². The first-order valence-electron chi connectivity index (χ1n) is 7.69. The summed E-state index contributed by atoms with van der Waals surface area (Å²) in [4.78, 5) is 15.8. The van der Waals surface area contributed by atoms with Gasteiger partial charge in [-0.25, -0.2) is 4.79 Å². The number of amides is 2. The average Bonchev–Trinajstić information content (AvgIpc) is 2.57. The first-order valence-corrected chi connectivity index (χ1v) is 8.95. The Morgan fingerprint density at radius 2 is 2.09 bits per heavy atom. The molecule has 2 aromatic carbocycles. The van der Waals surface area contributed by atoms with Crippen molar-refractivity contribution in [2.24, 2.45) is 0 Å². The molecule has 0 spiro atoms. The lowest BCUT2D eigenvalue weighted by Gasteiger charge is -2.33. The highest BCUT2D eigenvalue weighted by Gasteiger charge is 2.28. The number of hydrogen-bond acceptors (Lipinski definition) is 2. The largest absolute Gasteiger partial charge is 0.326 e. The number of halogens is 1. The minimum absolute atomic E-state index is 0.110. The number of anilines is 2. The molecule has 0 aliphatic carbocycles. The Kier molecular flexibility index (Phi) is 4.83. The third kappa shape index (κ3) is 3.33. The first kappa shape index (κ1) is 16.2. The molecule has 3 nitrogen and oxygen atoms in total. The van der Waals surface area contributed by atoms with E-state index < -0.39 is 0 Å². The lowest BCUT2D eigenvalue weighted by molar-refractivity contribution is 0.256. The number of nitrogens with zero attached hydrogens (tertiary/aromatic N) is 1. The molecular weight excluding hydrogens is 328 g/mol. The summed E-state index contributed by atoms with van der Waals surface area (Å²) in [6.45, 7) is 4.78. The van der Waals surface area contributed by atoms with Crippen LogP contribution in [0, 0.1) is 6.92 Å². The zero-order chi connectivity index (χ0) is 16.4. The van der Waals surface area contributed by atoms with Crippen LogP contribution in [0.25, 0.3) is 0 Å². The highest BCUT2D eigenvalue weighted by Crippen LogP contribution is 2.39. The lowest BCUT2D eigenvalue weighted by atomic mass is 10.2. The van der Waals surface area contributed by atoms with E-state index in [4.69, 9.17) is 11.6 Å². The normalized spacial score (nSPS) is 16.8. The van der Waals surface area contributed by atoms with Gasteiger partial charge in [-0.2, -0.15) is 0 Å². The van der Waals surface area contributed by atoms with E-state index >= 15 is 0 Å². The third-order valence-electron chi connectivity index (χ3n) is 4.05. The van der Waals surface area contributed by atoms with Crippen molar-refractivity contribution in [2.45, 2.75) is 30.4 Å². The smallest absolute Gasteiger partial charge is 0.307 e. The van der Waals surface area contributed by atoms with E-state index in [1.807, 2.05) is 60.0 Å². The molecule has 23 heavy (non-hydrogen) atoms. The number of nitrogens with one attached hydrogen (secondary N) is 1. The number of carbonyl (C=O) groups excluding carboxylic acids is 1. The molecule has 1 N–H and O–H groups in total. The first-order chi connectivity index (χ1) is 11.1. The summed E-state index contributed by atoms with van der Waals surface area (Å²) in [5.41, 5.74) is 2.61. The average molecular weight is 347 g/mol. The number of urea groups is 1. The summed E-state index contributed by atoms with van der Waals surface area (Å²) >= 11 is 7.99. The molecule has 0 saturated heterocycles. The molecule has 0 aromatic heterocycles. The number of hydrogen-bond donors (Lipinski definition) is 1. The number of para-hydroxylation sites is 1. The topological polar surface area (TPSA) is 32.3 Å². The second kappa shape index (κ2) is 6.85. The number of rotatable bonds is 2. The molecule has 2 amide bonds. The standard InChI is InChI=1S/C18H19ClN2OS/c1-3-13-11-21(16-9-4-5-10-17(16)23-13)18(22)20-15-8-6-7-14(19)12(15)2/h4-10,13H,3,11H2,1-2H3,(H,20,22)/t13-/m1/s1. The van der Waals surface area contributed by atoms with Gasteiger partial charge in [0.15, 0.2) is 0 Å². The van der Waals surface area contributed by atoms with E-state index in [1.54, 1.807) is 0 Å². The molecule has 0 unspecified atom stereocenters. The van der Waals surface area contributed by atoms with Gasteiger partial charge in [-0.3, -0.25) is 4.90 Å². The zero-order valence-electron chi connectivity index (χ0n) is 13.2. The van der Waals surface area contributed by atoms with Crippen molar-refractivity contribution in [2.75, 3.05) is 16.8 Å². The number of fused-ring (bicyclic) bond motifs is 1. The van der Waals surface area contributed by atoms with Gasteiger partial charge in [0.1, 0.15) is 0 Å². The Morgan fingerprint density at radius 3 is 2.87 bits per heavy atom. The van der Waals surface area contributed by atoms with Crippen molar-refractivity contribution in [1.29, 1.82) is 0 Å². The fourth-order valence-corrected chi connectivity index (χ4v) is 4.01. The van der Waals surface area contributed by atoms with Crippen LogP contribution >= 0.6 is 23.4 Å². The number of carbonyl (C=O) groups is 1. The van der Waals surface area contributed by atoms with Gasteiger partial charge in [0.2, 0.25) is 0 Å². The van der Waals surface area contributed by atoms with Gasteiger partial charge in [-0.1, -0.05) is 36.7 Å². The fraction of sp³-hybridized carbons (Fsp3) is 0.278. The van der Waals surface area contributed by atoms with Gasteiger partial charge >= 0.3 is 6.03 Å². The maximum absolute atomic E-state index is 12.8. The maximum Gasteiger partial charge on any atom is 0.326 e. The predicted octanol–water partition coefficient (Wildman–Crippen LogP) is 5.57. The van der Waals surface area contributed by atoms with Gasteiger partial charge in [-0.15, -0.1) is 11.8 Å². The fourth-order valence-electron chi connectivity index (χ4n) is 2.63. The molecule has 0 radical (unpaired) electrons. The molecule has 0 saturated carbocycles. The molecular formula is C18H19ClN2OS. The Hall–Kier alpha value is -1.65. The molecule has 3 rings (SSSR count). The van der Waals surface area contributed by atoms with Crippen molar-refractivity contribution in [3.8, 4) is 0 Å². The van der Waals surface area contributed by atoms with E-state index in [-0.39, 0.29) is 6.03 Å².